The molecule has 3 rings (SSSR count). The third kappa shape index (κ3) is 4.36. The molecular weight excluding hydrogens is 450 g/mol. The van der Waals surface area contributed by atoms with Crippen LogP contribution in [0.5, 0.6) is 0 Å². The highest BCUT2D eigenvalue weighted by Gasteiger charge is 2.46. The minimum atomic E-state index is -5.47. The summed E-state index contributed by atoms with van der Waals surface area (Å²) in [5.41, 5.74) is -6.97. The number of aromatic nitrogens is 1. The minimum Gasteiger partial charge on any atom is -0.324 e. The first-order chi connectivity index (χ1) is 13.9. The molecule has 1 aromatic carbocycles. The number of carbonyl (C=O) groups excluding carboxylic acids is 1. The van der Waals surface area contributed by atoms with Crippen molar-refractivity contribution in [3.05, 3.63) is 53.3 Å². The number of anilines is 1. The summed E-state index contributed by atoms with van der Waals surface area (Å²) in [4.78, 5) is 16.8. The minimum absolute atomic E-state index is 0.0279. The number of nitrogens with zero attached hydrogens (tertiary/aromatic N) is 2. The Balaban J connectivity index is 1.63. The van der Waals surface area contributed by atoms with E-state index in [0.717, 1.165) is 24.3 Å². The van der Waals surface area contributed by atoms with E-state index in [-0.39, 0.29) is 42.3 Å². The van der Waals surface area contributed by atoms with Gasteiger partial charge in [-0.3, -0.25) is 4.98 Å². The highest BCUT2D eigenvalue weighted by Crippen LogP contribution is 2.39. The predicted octanol–water partition coefficient (Wildman–Crippen LogP) is 4.52. The van der Waals surface area contributed by atoms with Gasteiger partial charge in [0.15, 0.2) is 5.67 Å². The number of alkyl halides is 4. The van der Waals surface area contributed by atoms with Crippen molar-refractivity contribution >= 4 is 33.2 Å². The zero-order chi connectivity index (χ0) is 22.2. The van der Waals surface area contributed by atoms with E-state index in [1.54, 1.807) is 6.07 Å². The van der Waals surface area contributed by atoms with Gasteiger partial charge in [0.2, 0.25) is 0 Å². The maximum Gasteiger partial charge on any atom is 0.501 e. The van der Waals surface area contributed by atoms with Crippen LogP contribution in [0.3, 0.4) is 0 Å². The second-order valence-corrected chi connectivity index (χ2v) is 9.04. The quantitative estimate of drug-likeness (QED) is 0.676. The number of sulfone groups is 1. The first-order valence-electron chi connectivity index (χ1n) is 8.71. The number of hydrogen-bond acceptors (Lipinski definition) is 4. The van der Waals surface area contributed by atoms with E-state index in [4.69, 9.17) is 11.6 Å². The molecule has 6 nitrogen and oxygen atoms in total. The Bertz CT molecular complexity index is 1040. The second kappa shape index (κ2) is 8.03. The predicted molar refractivity (Wildman–Crippen MR) is 102 cm³/mol. The van der Waals surface area contributed by atoms with Crippen LogP contribution in [0.4, 0.5) is 28.0 Å². The monoisotopic (exact) mass is 465 g/mol. The zero-order valence-corrected chi connectivity index (χ0v) is 16.9. The van der Waals surface area contributed by atoms with Crippen molar-refractivity contribution in [2.24, 2.45) is 0 Å². The van der Waals surface area contributed by atoms with E-state index >= 15 is 4.39 Å². The molecule has 1 aliphatic rings. The number of piperidine rings is 1. The number of hydrogen-bond donors (Lipinski definition) is 1. The Morgan fingerprint density at radius 3 is 2.27 bits per heavy atom. The molecule has 0 bridgehead atoms. The van der Waals surface area contributed by atoms with Crippen LogP contribution in [-0.4, -0.2) is 42.9 Å². The number of amides is 2. The molecule has 2 amide bonds. The van der Waals surface area contributed by atoms with Crippen LogP contribution >= 0.6 is 11.6 Å². The molecule has 0 spiro atoms. The number of pyridine rings is 1. The molecule has 0 atom stereocenters. The van der Waals surface area contributed by atoms with E-state index in [1.807, 2.05) is 0 Å². The van der Waals surface area contributed by atoms with Crippen molar-refractivity contribution in [1.29, 1.82) is 0 Å². The third-order valence-corrected chi connectivity index (χ3v) is 6.55. The molecular formula is C18H16ClF4N3O3S. The molecule has 1 N–H and O–H groups in total. The lowest BCUT2D eigenvalue weighted by Gasteiger charge is -2.36. The molecule has 0 unspecified atom stereocenters. The zero-order valence-electron chi connectivity index (χ0n) is 15.3. The van der Waals surface area contributed by atoms with Gasteiger partial charge >= 0.3 is 11.5 Å². The number of benzene rings is 1. The third-order valence-electron chi connectivity index (χ3n) is 4.75. The van der Waals surface area contributed by atoms with Gasteiger partial charge in [0.1, 0.15) is 0 Å². The lowest BCUT2D eigenvalue weighted by Crippen LogP contribution is -2.45. The Morgan fingerprint density at radius 2 is 1.73 bits per heavy atom. The SMILES string of the molecule is O=C(Nc1ccc(S(=O)(=O)C(F)(F)F)cc1)N1CCC(F)(c2ncccc2Cl)CC1. The average Bonchev–Trinajstić information content (AvgIpc) is 2.68. The molecule has 0 radical (unpaired) electrons. The second-order valence-electron chi connectivity index (χ2n) is 6.69. The van der Waals surface area contributed by atoms with Crippen LogP contribution in [0.15, 0.2) is 47.5 Å². The van der Waals surface area contributed by atoms with Crippen molar-refractivity contribution in [1.82, 2.24) is 9.88 Å². The highest BCUT2D eigenvalue weighted by molar-refractivity contribution is 7.92. The van der Waals surface area contributed by atoms with Crippen LogP contribution in [0.2, 0.25) is 5.02 Å². The summed E-state index contributed by atoms with van der Waals surface area (Å²) in [5, 5.41) is 2.66. The van der Waals surface area contributed by atoms with Crippen molar-refractivity contribution in [3.63, 3.8) is 0 Å². The lowest BCUT2D eigenvalue weighted by atomic mass is 9.89. The van der Waals surface area contributed by atoms with Gasteiger partial charge in [-0.15, -0.1) is 0 Å². The van der Waals surface area contributed by atoms with Crippen molar-refractivity contribution < 1.29 is 30.8 Å². The number of carbonyl (C=O) groups is 1. The van der Waals surface area contributed by atoms with E-state index in [0.29, 0.717) is 0 Å². The van der Waals surface area contributed by atoms with Crippen LogP contribution in [0, 0.1) is 0 Å². The molecule has 2 heterocycles. The first kappa shape index (κ1) is 22.3. The van der Waals surface area contributed by atoms with Gasteiger partial charge < -0.3 is 10.2 Å². The Kier molecular flexibility index (Phi) is 5.96. The lowest BCUT2D eigenvalue weighted by molar-refractivity contribution is -0.0436. The summed E-state index contributed by atoms with van der Waals surface area (Å²) in [5.74, 6) is 0. The molecule has 0 saturated carbocycles. The van der Waals surface area contributed by atoms with Crippen molar-refractivity contribution in [2.45, 2.75) is 28.9 Å². The van der Waals surface area contributed by atoms with Crippen LogP contribution in [0.25, 0.3) is 0 Å². The van der Waals surface area contributed by atoms with Gasteiger partial charge in [0, 0.05) is 37.8 Å². The summed E-state index contributed by atoms with van der Waals surface area (Å²) < 4.78 is 75.7. The maximum atomic E-state index is 15.2. The normalized spacial score (nSPS) is 16.9. The molecule has 162 valence electrons. The summed E-state index contributed by atoms with van der Waals surface area (Å²) >= 11 is 6.02. The molecule has 1 fully saturated rings. The number of likely N-dealkylation sites (tertiary alicyclic amines) is 1. The number of nitrogens with one attached hydrogen (secondary N) is 1. The van der Waals surface area contributed by atoms with Crippen LogP contribution in [-0.2, 0) is 15.5 Å². The maximum absolute atomic E-state index is 15.2. The topological polar surface area (TPSA) is 79.4 Å². The molecule has 0 aliphatic carbocycles. The fourth-order valence-corrected chi connectivity index (χ4v) is 4.12. The van der Waals surface area contributed by atoms with E-state index in [1.165, 1.54) is 17.2 Å². The molecule has 12 heteroatoms. The Labute approximate surface area is 174 Å². The summed E-state index contributed by atoms with van der Waals surface area (Å²) in [7, 11) is -5.47. The average molecular weight is 466 g/mol. The van der Waals surface area contributed by atoms with Crippen LogP contribution < -0.4 is 5.32 Å². The number of rotatable bonds is 3. The number of urea groups is 1. The molecule has 30 heavy (non-hydrogen) atoms. The van der Waals surface area contributed by atoms with Gasteiger partial charge in [-0.2, -0.15) is 13.2 Å². The molecule has 1 aliphatic heterocycles. The molecule has 2 aromatic rings. The summed E-state index contributed by atoms with van der Waals surface area (Å²) in [6, 6.07) is 6.14. The van der Waals surface area contributed by atoms with E-state index in [9.17, 15) is 26.4 Å². The van der Waals surface area contributed by atoms with Gasteiger partial charge in [0.25, 0.3) is 9.84 Å². The summed E-state index contributed by atoms with van der Waals surface area (Å²) in [6.45, 7) is 0.131. The van der Waals surface area contributed by atoms with Crippen molar-refractivity contribution in [2.75, 3.05) is 18.4 Å². The van der Waals surface area contributed by atoms with Gasteiger partial charge in [0.05, 0.1) is 15.6 Å². The number of halogens is 5. The standard InChI is InChI=1S/C18H16ClF4N3O3S/c19-14-2-1-9-24-15(14)17(20)7-10-26(11-8-17)16(27)25-12-3-5-13(6-4-12)30(28,29)18(21,22)23/h1-6,9H,7-8,10-11H2,(H,25,27). The fraction of sp³-hybridized carbons (Fsp3) is 0.333. The van der Waals surface area contributed by atoms with Gasteiger partial charge in [-0.05, 0) is 36.4 Å². The molecule has 1 aromatic heterocycles. The van der Waals surface area contributed by atoms with E-state index < -0.39 is 31.9 Å². The van der Waals surface area contributed by atoms with Gasteiger partial charge in [-0.1, -0.05) is 11.6 Å². The largest absolute Gasteiger partial charge is 0.501 e. The first-order valence-corrected chi connectivity index (χ1v) is 10.6. The summed E-state index contributed by atoms with van der Waals surface area (Å²) in [6.07, 6.45) is 1.38. The van der Waals surface area contributed by atoms with Gasteiger partial charge in [-0.25, -0.2) is 17.6 Å². The van der Waals surface area contributed by atoms with E-state index in [2.05, 4.69) is 10.3 Å². The Morgan fingerprint density at radius 1 is 1.13 bits per heavy atom. The van der Waals surface area contributed by atoms with Crippen LogP contribution in [0.1, 0.15) is 18.5 Å². The fourth-order valence-electron chi connectivity index (χ4n) is 3.07. The molecule has 1 saturated heterocycles. The van der Waals surface area contributed by atoms with Crippen molar-refractivity contribution in [3.8, 4) is 0 Å². The highest BCUT2D eigenvalue weighted by atomic mass is 35.5. The Hall–Kier alpha value is -2.40. The smallest absolute Gasteiger partial charge is 0.324 e.